The van der Waals surface area contributed by atoms with Crippen LogP contribution >= 0.6 is 23.4 Å². The number of hydrogen-bond acceptors (Lipinski definition) is 11. The Hall–Kier alpha value is -4.07. The SMILES string of the molecule is COC(=O)C1(O[C@H](C)c2cccc(OC3CCN(C(=O)OC(C)(C)C)CC3)c2Cl)CC=C(n2cnc3cc(-c4nnc(C)o4)ccc32)S1. The Balaban J connectivity index is 1.14. The molecule has 2 aliphatic heterocycles. The van der Waals surface area contributed by atoms with Crippen LogP contribution in [0.25, 0.3) is 27.5 Å². The van der Waals surface area contributed by atoms with Crippen molar-refractivity contribution in [2.45, 2.75) is 76.6 Å². The number of methoxy groups -OCH3 is 1. The van der Waals surface area contributed by atoms with Gasteiger partial charge in [-0.3, -0.25) is 4.57 Å². The van der Waals surface area contributed by atoms with Gasteiger partial charge in [0, 0.05) is 50.4 Å². The van der Waals surface area contributed by atoms with E-state index in [9.17, 15) is 9.59 Å². The molecule has 4 aromatic rings. The van der Waals surface area contributed by atoms with Crippen molar-refractivity contribution in [3.05, 3.63) is 65.3 Å². The molecule has 0 radical (unpaired) electrons. The smallest absolute Gasteiger partial charge is 0.410 e. The lowest BCUT2D eigenvalue weighted by Crippen LogP contribution is -2.44. The summed E-state index contributed by atoms with van der Waals surface area (Å²) >= 11 is 8.16. The number of amides is 1. The molecule has 0 aliphatic carbocycles. The van der Waals surface area contributed by atoms with E-state index in [0.29, 0.717) is 54.0 Å². The number of fused-ring (bicyclic) bond motifs is 1. The van der Waals surface area contributed by atoms with Crippen LogP contribution in [0.2, 0.25) is 5.02 Å². The summed E-state index contributed by atoms with van der Waals surface area (Å²) in [5.74, 6) is 0.909. The lowest BCUT2D eigenvalue weighted by Gasteiger charge is -2.34. The van der Waals surface area contributed by atoms with E-state index in [2.05, 4.69) is 15.2 Å². The maximum Gasteiger partial charge on any atom is 0.410 e. The van der Waals surface area contributed by atoms with Crippen LogP contribution in [0.3, 0.4) is 0 Å². The number of halogens is 1. The van der Waals surface area contributed by atoms with E-state index >= 15 is 0 Å². The summed E-state index contributed by atoms with van der Waals surface area (Å²) in [4.78, 5) is 30.7. The van der Waals surface area contributed by atoms with Gasteiger partial charge in [0.15, 0.2) is 0 Å². The summed E-state index contributed by atoms with van der Waals surface area (Å²) in [6.45, 7) is 10.2. The molecule has 0 bridgehead atoms. The molecule has 4 heterocycles. The molecule has 2 aromatic heterocycles. The van der Waals surface area contributed by atoms with E-state index in [1.165, 1.54) is 18.9 Å². The van der Waals surface area contributed by atoms with Crippen LogP contribution in [0.1, 0.15) is 64.5 Å². The molecular weight excluding hydrogens is 658 g/mol. The number of carbonyl (C=O) groups is 2. The Morgan fingerprint density at radius 1 is 1.15 bits per heavy atom. The van der Waals surface area contributed by atoms with Crippen molar-refractivity contribution in [2.24, 2.45) is 0 Å². The zero-order chi connectivity index (χ0) is 34.2. The molecule has 0 spiro atoms. The van der Waals surface area contributed by atoms with E-state index in [4.69, 9.17) is 35.0 Å². The monoisotopic (exact) mass is 695 g/mol. The van der Waals surface area contributed by atoms with Gasteiger partial charge in [0.2, 0.25) is 16.7 Å². The Morgan fingerprint density at radius 3 is 2.60 bits per heavy atom. The second kappa shape index (κ2) is 13.4. The van der Waals surface area contributed by atoms with Gasteiger partial charge in [0.25, 0.3) is 0 Å². The summed E-state index contributed by atoms with van der Waals surface area (Å²) in [6, 6.07) is 11.2. The van der Waals surface area contributed by atoms with Gasteiger partial charge in [-0.15, -0.1) is 10.2 Å². The molecule has 2 atom stereocenters. The summed E-state index contributed by atoms with van der Waals surface area (Å²) in [7, 11) is 1.35. The van der Waals surface area contributed by atoms with Crippen molar-refractivity contribution in [3.8, 4) is 17.2 Å². The molecule has 14 heteroatoms. The average molecular weight is 696 g/mol. The van der Waals surface area contributed by atoms with E-state index in [-0.39, 0.29) is 18.6 Å². The van der Waals surface area contributed by atoms with Gasteiger partial charge < -0.3 is 28.3 Å². The highest BCUT2D eigenvalue weighted by atomic mass is 35.5. The standard InChI is InChI=1S/C34H38ClN5O7S/c1-20(24-8-7-9-27(29(24)35)45-23-13-16-39(17-14-23)32(42)47-33(3,4)5)46-34(31(41)43-6)15-12-28(48-34)40-19-36-25-18-22(10-11-26(25)40)30-38-37-21(2)44-30/h7-12,18-20,23H,13-17H2,1-6H3/t20-,34?/m1/s1. The predicted octanol–water partition coefficient (Wildman–Crippen LogP) is 7.41. The number of thioether (sulfide) groups is 1. The van der Waals surface area contributed by atoms with Crippen LogP contribution < -0.4 is 4.74 Å². The number of likely N-dealkylation sites (tertiary alicyclic amines) is 1. The third kappa shape index (κ3) is 7.03. The fraction of sp³-hybridized carbons (Fsp3) is 0.441. The van der Waals surface area contributed by atoms with Gasteiger partial charge in [0.1, 0.15) is 23.8 Å². The quantitative estimate of drug-likeness (QED) is 0.171. The van der Waals surface area contributed by atoms with Crippen LogP contribution in [-0.4, -0.2) is 73.5 Å². The molecule has 48 heavy (non-hydrogen) atoms. The molecule has 0 saturated carbocycles. The first-order chi connectivity index (χ1) is 22.9. The first-order valence-electron chi connectivity index (χ1n) is 15.7. The average Bonchev–Trinajstić information content (AvgIpc) is 3.79. The number of aromatic nitrogens is 4. The maximum absolute atomic E-state index is 13.3. The zero-order valence-electron chi connectivity index (χ0n) is 27.7. The molecule has 0 N–H and O–H groups in total. The summed E-state index contributed by atoms with van der Waals surface area (Å²) in [5, 5.41) is 9.19. The van der Waals surface area contributed by atoms with Crippen molar-refractivity contribution in [1.29, 1.82) is 0 Å². The first-order valence-corrected chi connectivity index (χ1v) is 16.9. The summed E-state index contributed by atoms with van der Waals surface area (Å²) < 4.78 is 31.1. The van der Waals surface area contributed by atoms with E-state index in [0.717, 1.165) is 21.6 Å². The Morgan fingerprint density at radius 2 is 1.92 bits per heavy atom. The van der Waals surface area contributed by atoms with Crippen molar-refractivity contribution in [2.75, 3.05) is 20.2 Å². The van der Waals surface area contributed by atoms with Crippen molar-refractivity contribution in [3.63, 3.8) is 0 Å². The third-order valence-electron chi connectivity index (χ3n) is 8.05. The number of nitrogens with zero attached hydrogens (tertiary/aromatic N) is 5. The topological polar surface area (TPSA) is 131 Å². The van der Waals surface area contributed by atoms with E-state index in [1.807, 2.05) is 74.7 Å². The molecule has 1 unspecified atom stereocenters. The van der Waals surface area contributed by atoms with Gasteiger partial charge in [-0.05, 0) is 58.0 Å². The van der Waals surface area contributed by atoms with Crippen molar-refractivity contribution in [1.82, 2.24) is 24.6 Å². The molecule has 12 nitrogen and oxygen atoms in total. The fourth-order valence-corrected chi connectivity index (χ4v) is 7.30. The van der Waals surface area contributed by atoms with Gasteiger partial charge in [-0.25, -0.2) is 14.6 Å². The highest BCUT2D eigenvalue weighted by Gasteiger charge is 2.48. The lowest BCUT2D eigenvalue weighted by molar-refractivity contribution is -0.161. The lowest BCUT2D eigenvalue weighted by atomic mass is 10.1. The predicted molar refractivity (Wildman–Crippen MR) is 181 cm³/mol. The Labute approximate surface area is 287 Å². The Bertz CT molecular complexity index is 1860. The third-order valence-corrected chi connectivity index (χ3v) is 9.79. The van der Waals surface area contributed by atoms with E-state index in [1.54, 1.807) is 18.2 Å². The largest absolute Gasteiger partial charge is 0.489 e. The van der Waals surface area contributed by atoms with Gasteiger partial charge in [-0.1, -0.05) is 35.5 Å². The minimum Gasteiger partial charge on any atom is -0.489 e. The highest BCUT2D eigenvalue weighted by Crippen LogP contribution is 2.50. The molecule has 1 saturated heterocycles. The number of piperidine rings is 1. The normalized spacial score (nSPS) is 19.3. The van der Waals surface area contributed by atoms with Crippen LogP contribution in [0.4, 0.5) is 4.79 Å². The second-order valence-electron chi connectivity index (χ2n) is 12.7. The van der Waals surface area contributed by atoms with Gasteiger partial charge >= 0.3 is 12.1 Å². The second-order valence-corrected chi connectivity index (χ2v) is 14.4. The molecule has 1 fully saturated rings. The number of rotatable bonds is 8. The molecule has 1 amide bonds. The number of hydrogen-bond donors (Lipinski definition) is 0. The number of imidazole rings is 1. The zero-order valence-corrected chi connectivity index (χ0v) is 29.3. The molecule has 6 rings (SSSR count). The molecule has 2 aliphatic rings. The Kier molecular flexibility index (Phi) is 9.47. The number of carbonyl (C=O) groups excluding carboxylic acids is 2. The number of aryl methyl sites for hydroxylation is 1. The van der Waals surface area contributed by atoms with Crippen molar-refractivity contribution >= 4 is 51.5 Å². The minimum atomic E-state index is -1.35. The number of ether oxygens (including phenoxy) is 4. The minimum absolute atomic E-state index is 0.122. The van der Waals surface area contributed by atoms with Crippen LogP contribution in [-0.2, 0) is 19.0 Å². The molecular formula is C34H38ClN5O7S. The van der Waals surface area contributed by atoms with Gasteiger partial charge in [-0.2, -0.15) is 0 Å². The maximum atomic E-state index is 13.3. The number of esters is 1. The van der Waals surface area contributed by atoms with Gasteiger partial charge in [0.05, 0.1) is 34.3 Å². The molecule has 254 valence electrons. The van der Waals surface area contributed by atoms with E-state index < -0.39 is 22.6 Å². The first kappa shape index (κ1) is 33.8. The number of benzene rings is 2. The fourth-order valence-electron chi connectivity index (χ4n) is 5.70. The van der Waals surface area contributed by atoms with Crippen molar-refractivity contribution < 1.29 is 33.0 Å². The summed E-state index contributed by atoms with van der Waals surface area (Å²) in [5.41, 5.74) is 2.46. The molecule has 2 aromatic carbocycles. The van der Waals surface area contributed by atoms with Crippen LogP contribution in [0, 0.1) is 6.92 Å². The van der Waals surface area contributed by atoms with Crippen LogP contribution in [0.15, 0.2) is 53.2 Å². The summed E-state index contributed by atoms with van der Waals surface area (Å²) in [6.07, 6.45) is 4.17. The van der Waals surface area contributed by atoms with Crippen LogP contribution in [0.5, 0.6) is 5.75 Å². The highest BCUT2D eigenvalue weighted by molar-refractivity contribution is 8.10.